The van der Waals surface area contributed by atoms with Crippen molar-refractivity contribution in [3.63, 3.8) is 0 Å². The molecular formula is C23H23ClN4O4S. The molecule has 0 spiro atoms. The minimum atomic E-state index is -0.602. The number of para-hydroxylation sites is 1. The molecule has 172 valence electrons. The highest BCUT2D eigenvalue weighted by Gasteiger charge is 2.32. The Balaban J connectivity index is 1.73. The second-order valence-corrected chi connectivity index (χ2v) is 7.75. The van der Waals surface area contributed by atoms with E-state index >= 15 is 0 Å². The number of hydrogen-bond donors (Lipinski definition) is 3. The molecule has 3 N–H and O–H groups in total. The molecule has 33 heavy (non-hydrogen) atoms. The van der Waals surface area contributed by atoms with E-state index in [1.54, 1.807) is 56.3 Å². The Kier molecular flexibility index (Phi) is 8.39. The molecule has 2 aromatic carbocycles. The number of thiocarbonyl (C=S) groups is 1. The number of carbonyl (C=O) groups is 2. The maximum Gasteiger partial charge on any atom is 0.338 e. The second kappa shape index (κ2) is 11.4. The zero-order chi connectivity index (χ0) is 23.8. The summed E-state index contributed by atoms with van der Waals surface area (Å²) in [5.41, 5.74) is 4.68. The fraction of sp³-hybridized carbons (Fsp3) is 0.217. The monoisotopic (exact) mass is 486 g/mol. The lowest BCUT2D eigenvalue weighted by Gasteiger charge is -2.30. The first-order valence-electron chi connectivity index (χ1n) is 10.1. The number of esters is 1. The van der Waals surface area contributed by atoms with Gasteiger partial charge in [0.2, 0.25) is 0 Å². The Bertz CT molecular complexity index is 1120. The molecule has 2 aromatic rings. The first kappa shape index (κ1) is 24.2. The Labute approximate surface area is 202 Å². The molecule has 0 aliphatic carbocycles. The fourth-order valence-electron chi connectivity index (χ4n) is 3.19. The zero-order valence-corrected chi connectivity index (χ0v) is 19.6. The van der Waals surface area contributed by atoms with Gasteiger partial charge in [0.1, 0.15) is 5.75 Å². The van der Waals surface area contributed by atoms with Crippen LogP contribution in [0.5, 0.6) is 5.75 Å². The predicted octanol–water partition coefficient (Wildman–Crippen LogP) is 3.23. The molecule has 1 atom stereocenters. The summed E-state index contributed by atoms with van der Waals surface area (Å²) >= 11 is 11.3. The summed E-state index contributed by atoms with van der Waals surface area (Å²) in [6.45, 7) is 3.44. The van der Waals surface area contributed by atoms with Crippen molar-refractivity contribution in [1.29, 1.82) is 0 Å². The lowest BCUT2D eigenvalue weighted by atomic mass is 9.95. The van der Waals surface area contributed by atoms with Gasteiger partial charge in [0.15, 0.2) is 11.7 Å². The van der Waals surface area contributed by atoms with Crippen LogP contribution < -0.4 is 20.8 Å². The molecule has 0 unspecified atom stereocenters. The van der Waals surface area contributed by atoms with Crippen LogP contribution in [0.25, 0.3) is 0 Å². The molecule has 0 aromatic heterocycles. The number of amides is 1. The van der Waals surface area contributed by atoms with E-state index in [9.17, 15) is 9.59 Å². The van der Waals surface area contributed by atoms with Crippen LogP contribution in [0.2, 0.25) is 5.02 Å². The SMILES string of the molecule is CCOC(=O)C1=C(C)NC(=S)N[C@H]1c1ccccc1OCC(=O)NN=Cc1ccccc1Cl. The third kappa shape index (κ3) is 6.30. The minimum absolute atomic E-state index is 0.236. The van der Waals surface area contributed by atoms with Crippen molar-refractivity contribution in [2.45, 2.75) is 19.9 Å². The van der Waals surface area contributed by atoms with Gasteiger partial charge < -0.3 is 20.1 Å². The molecule has 1 heterocycles. The van der Waals surface area contributed by atoms with E-state index in [1.807, 2.05) is 6.07 Å². The molecule has 0 bridgehead atoms. The summed E-state index contributed by atoms with van der Waals surface area (Å²) in [4.78, 5) is 24.8. The van der Waals surface area contributed by atoms with E-state index in [1.165, 1.54) is 6.21 Å². The predicted molar refractivity (Wildman–Crippen MR) is 130 cm³/mol. The lowest BCUT2D eigenvalue weighted by Crippen LogP contribution is -2.45. The number of carbonyl (C=O) groups excluding carboxylic acids is 2. The zero-order valence-electron chi connectivity index (χ0n) is 18.1. The molecule has 8 nitrogen and oxygen atoms in total. The molecule has 10 heteroatoms. The number of halogens is 1. The van der Waals surface area contributed by atoms with Gasteiger partial charge in [-0.15, -0.1) is 0 Å². The Hall–Kier alpha value is -3.43. The topological polar surface area (TPSA) is 101 Å². The molecule has 0 radical (unpaired) electrons. The normalized spacial score (nSPS) is 15.6. The van der Waals surface area contributed by atoms with E-state index in [-0.39, 0.29) is 13.2 Å². The molecule has 0 saturated heterocycles. The van der Waals surface area contributed by atoms with Gasteiger partial charge in [-0.3, -0.25) is 4.79 Å². The van der Waals surface area contributed by atoms with E-state index in [0.717, 1.165) is 0 Å². The summed E-state index contributed by atoms with van der Waals surface area (Å²) in [7, 11) is 0. The minimum Gasteiger partial charge on any atom is -0.483 e. The summed E-state index contributed by atoms with van der Waals surface area (Å²) in [5.74, 6) is -0.511. The summed E-state index contributed by atoms with van der Waals surface area (Å²) in [6.07, 6.45) is 1.45. The standard InChI is InChI=1S/C23H23ClN4O4S/c1-3-31-22(30)20-14(2)26-23(33)27-21(20)16-9-5-7-11-18(16)32-13-19(29)28-25-12-15-8-4-6-10-17(15)24/h4-12,21H,3,13H2,1-2H3,(H,28,29)(H2,26,27,33)/t21-/m0/s1. The smallest absolute Gasteiger partial charge is 0.338 e. The van der Waals surface area contributed by atoms with E-state index in [0.29, 0.717) is 38.3 Å². The van der Waals surface area contributed by atoms with Crippen molar-refractivity contribution >= 4 is 47.0 Å². The van der Waals surface area contributed by atoms with Crippen molar-refractivity contribution in [2.75, 3.05) is 13.2 Å². The molecule has 0 saturated carbocycles. The van der Waals surface area contributed by atoms with Gasteiger partial charge in [-0.05, 0) is 38.2 Å². The van der Waals surface area contributed by atoms with E-state index in [2.05, 4.69) is 21.2 Å². The van der Waals surface area contributed by atoms with Gasteiger partial charge >= 0.3 is 5.97 Å². The van der Waals surface area contributed by atoms with Crippen molar-refractivity contribution in [1.82, 2.24) is 16.1 Å². The number of nitrogens with one attached hydrogen (secondary N) is 3. The van der Waals surface area contributed by atoms with Gasteiger partial charge in [0, 0.05) is 21.8 Å². The van der Waals surface area contributed by atoms with Gasteiger partial charge in [0.05, 0.1) is 24.4 Å². The third-order valence-corrected chi connectivity index (χ3v) is 5.22. The van der Waals surface area contributed by atoms with Crippen LogP contribution in [0.3, 0.4) is 0 Å². The number of rotatable bonds is 8. The van der Waals surface area contributed by atoms with Crippen LogP contribution in [-0.4, -0.2) is 36.4 Å². The number of ether oxygens (including phenoxy) is 2. The Morgan fingerprint density at radius 3 is 2.70 bits per heavy atom. The fourth-order valence-corrected chi connectivity index (χ4v) is 3.64. The van der Waals surface area contributed by atoms with Crippen molar-refractivity contribution in [3.8, 4) is 5.75 Å². The van der Waals surface area contributed by atoms with E-state index in [4.69, 9.17) is 33.3 Å². The molecule has 1 aliphatic heterocycles. The average molecular weight is 487 g/mol. The highest BCUT2D eigenvalue weighted by Crippen LogP contribution is 2.33. The second-order valence-electron chi connectivity index (χ2n) is 6.93. The highest BCUT2D eigenvalue weighted by molar-refractivity contribution is 7.80. The highest BCUT2D eigenvalue weighted by atomic mass is 35.5. The van der Waals surface area contributed by atoms with Crippen LogP contribution in [0, 0.1) is 0 Å². The first-order chi connectivity index (χ1) is 15.9. The van der Waals surface area contributed by atoms with Crippen LogP contribution in [-0.2, 0) is 14.3 Å². The molecule has 3 rings (SSSR count). The van der Waals surface area contributed by atoms with Crippen LogP contribution in [0.1, 0.15) is 31.0 Å². The van der Waals surface area contributed by atoms with Crippen LogP contribution in [0.15, 0.2) is 64.9 Å². The summed E-state index contributed by atoms with van der Waals surface area (Å²) < 4.78 is 11.0. The van der Waals surface area contributed by atoms with Crippen LogP contribution in [0.4, 0.5) is 0 Å². The van der Waals surface area contributed by atoms with Crippen molar-refractivity contribution in [2.24, 2.45) is 5.10 Å². The third-order valence-electron chi connectivity index (χ3n) is 4.65. The van der Waals surface area contributed by atoms with E-state index < -0.39 is 17.9 Å². The Morgan fingerprint density at radius 2 is 1.94 bits per heavy atom. The van der Waals surface area contributed by atoms with Crippen molar-refractivity contribution < 1.29 is 19.1 Å². The largest absolute Gasteiger partial charge is 0.483 e. The molecule has 1 aliphatic rings. The van der Waals surface area contributed by atoms with Crippen molar-refractivity contribution in [3.05, 3.63) is 76.0 Å². The number of allylic oxidation sites excluding steroid dienone is 1. The lowest BCUT2D eigenvalue weighted by molar-refractivity contribution is -0.139. The quantitative estimate of drug-likeness (QED) is 0.228. The van der Waals surface area contributed by atoms with Gasteiger partial charge in [-0.2, -0.15) is 5.10 Å². The number of hydrazone groups is 1. The molecular weight excluding hydrogens is 464 g/mol. The van der Waals surface area contributed by atoms with Gasteiger partial charge in [-0.25, -0.2) is 10.2 Å². The maximum atomic E-state index is 12.6. The molecule has 1 amide bonds. The number of benzene rings is 2. The average Bonchev–Trinajstić information content (AvgIpc) is 2.78. The maximum absolute atomic E-state index is 12.6. The first-order valence-corrected chi connectivity index (χ1v) is 10.9. The summed E-state index contributed by atoms with van der Waals surface area (Å²) in [5, 5.41) is 10.8. The van der Waals surface area contributed by atoms with Gasteiger partial charge in [-0.1, -0.05) is 48.0 Å². The summed E-state index contributed by atoms with van der Waals surface area (Å²) in [6, 6.07) is 13.6. The van der Waals surface area contributed by atoms with Gasteiger partial charge in [0.25, 0.3) is 5.91 Å². The Morgan fingerprint density at radius 1 is 1.21 bits per heavy atom. The molecule has 0 fully saturated rings. The number of nitrogens with zero attached hydrogens (tertiary/aromatic N) is 1. The number of hydrogen-bond acceptors (Lipinski definition) is 6. The van der Waals surface area contributed by atoms with Crippen LogP contribution >= 0.6 is 23.8 Å².